The molecule has 1 aliphatic heterocycles. The van der Waals surface area contributed by atoms with Crippen LogP contribution in [0, 0.1) is 28.6 Å². The number of hydrogen-bond donors (Lipinski definition) is 0. The van der Waals surface area contributed by atoms with Crippen LogP contribution in [0.15, 0.2) is 88.5 Å². The zero-order valence-electron chi connectivity index (χ0n) is 21.1. The number of rotatable bonds is 6. The summed E-state index contributed by atoms with van der Waals surface area (Å²) in [6, 6.07) is 18.0. The Labute approximate surface area is 220 Å². The van der Waals surface area contributed by atoms with E-state index in [1.54, 1.807) is 49.7 Å². The van der Waals surface area contributed by atoms with Crippen LogP contribution < -0.4 is 0 Å². The van der Waals surface area contributed by atoms with Gasteiger partial charge in [-0.3, -0.25) is 15.0 Å². The van der Waals surface area contributed by atoms with Gasteiger partial charge in [0, 0.05) is 66.3 Å². The minimum absolute atomic E-state index is 0.443. The number of benzene rings is 1. The second-order valence-corrected chi connectivity index (χ2v) is 8.91. The van der Waals surface area contributed by atoms with Crippen LogP contribution in [-0.2, 0) is 4.74 Å². The van der Waals surface area contributed by atoms with E-state index in [2.05, 4.69) is 27.1 Å². The quantitative estimate of drug-likeness (QED) is 0.332. The molecule has 0 spiro atoms. The van der Waals surface area contributed by atoms with E-state index < -0.39 is 18.1 Å². The van der Waals surface area contributed by atoms with Crippen molar-refractivity contribution in [1.29, 1.82) is 10.5 Å². The molecular weight excluding hydrogens is 476 g/mol. The Morgan fingerprint density at radius 3 is 2.53 bits per heavy atom. The maximum atomic E-state index is 9.97. The van der Waals surface area contributed by atoms with Crippen LogP contribution in [0.5, 0.6) is 0 Å². The van der Waals surface area contributed by atoms with Crippen molar-refractivity contribution in [2.45, 2.75) is 26.0 Å². The monoisotopic (exact) mass is 500 g/mol. The maximum absolute atomic E-state index is 9.97. The molecule has 3 unspecified atom stereocenters. The van der Waals surface area contributed by atoms with Crippen molar-refractivity contribution >= 4 is 28.6 Å². The highest BCUT2D eigenvalue weighted by molar-refractivity contribution is 5.94. The molecule has 0 radical (unpaired) electrons. The van der Waals surface area contributed by atoms with Gasteiger partial charge < -0.3 is 4.74 Å². The van der Waals surface area contributed by atoms with Gasteiger partial charge in [0.25, 0.3) is 0 Å². The van der Waals surface area contributed by atoms with Crippen molar-refractivity contribution in [2.75, 3.05) is 7.11 Å². The molecule has 0 bridgehead atoms. The molecule has 4 aromatic rings. The largest absolute Gasteiger partial charge is 0.355 e. The molecule has 4 heterocycles. The average Bonchev–Trinajstić information content (AvgIpc) is 3.30. The van der Waals surface area contributed by atoms with Crippen LogP contribution >= 0.6 is 0 Å². The SMILES string of the molecule is COC(c1cccnc1)n1nc(N=Cc2cccnc2)c2cc(C3C(C#N)=C(C)N=C(C)C3C#N)ccc21. The second-order valence-electron chi connectivity index (χ2n) is 8.91. The summed E-state index contributed by atoms with van der Waals surface area (Å²) in [6.45, 7) is 3.63. The van der Waals surface area contributed by atoms with E-state index in [0.29, 0.717) is 22.8 Å². The highest BCUT2D eigenvalue weighted by Crippen LogP contribution is 2.40. The van der Waals surface area contributed by atoms with Crippen molar-refractivity contribution in [3.63, 3.8) is 0 Å². The molecule has 0 amide bonds. The fraction of sp³-hybridized carbons (Fsp3) is 0.207. The Hall–Kier alpha value is -4.99. The first-order chi connectivity index (χ1) is 18.5. The predicted octanol–water partition coefficient (Wildman–Crippen LogP) is 5.27. The normalized spacial score (nSPS) is 18.3. The highest BCUT2D eigenvalue weighted by atomic mass is 16.5. The molecule has 0 aliphatic carbocycles. The summed E-state index contributed by atoms with van der Waals surface area (Å²) in [5.74, 6) is -0.516. The minimum Gasteiger partial charge on any atom is -0.355 e. The zero-order valence-corrected chi connectivity index (χ0v) is 21.1. The van der Waals surface area contributed by atoms with Gasteiger partial charge in [-0.25, -0.2) is 9.67 Å². The summed E-state index contributed by atoms with van der Waals surface area (Å²) in [5, 5.41) is 25.5. The van der Waals surface area contributed by atoms with Crippen LogP contribution in [0.25, 0.3) is 10.9 Å². The summed E-state index contributed by atoms with van der Waals surface area (Å²) < 4.78 is 7.61. The molecule has 0 saturated carbocycles. The first-order valence-corrected chi connectivity index (χ1v) is 12.0. The smallest absolute Gasteiger partial charge is 0.181 e. The Balaban J connectivity index is 1.70. The number of hydrogen-bond acceptors (Lipinski definition) is 8. The molecule has 1 aromatic carbocycles. The first kappa shape index (κ1) is 24.7. The third kappa shape index (κ3) is 4.47. The minimum atomic E-state index is -0.551. The fourth-order valence-corrected chi connectivity index (χ4v) is 4.80. The molecule has 0 N–H and O–H groups in total. The fourth-order valence-electron chi connectivity index (χ4n) is 4.80. The van der Waals surface area contributed by atoms with Crippen molar-refractivity contribution in [2.24, 2.45) is 15.9 Å². The van der Waals surface area contributed by atoms with E-state index in [-0.39, 0.29) is 0 Å². The van der Waals surface area contributed by atoms with E-state index in [0.717, 1.165) is 27.6 Å². The van der Waals surface area contributed by atoms with Crippen molar-refractivity contribution in [3.05, 3.63) is 95.2 Å². The molecule has 9 heteroatoms. The van der Waals surface area contributed by atoms with Crippen LogP contribution in [0.2, 0.25) is 0 Å². The third-order valence-corrected chi connectivity index (χ3v) is 6.59. The van der Waals surface area contributed by atoms with E-state index in [1.807, 2.05) is 49.4 Å². The average molecular weight is 501 g/mol. The van der Waals surface area contributed by atoms with E-state index >= 15 is 0 Å². The number of methoxy groups -OCH3 is 1. The van der Waals surface area contributed by atoms with Crippen LogP contribution in [0.3, 0.4) is 0 Å². The number of fused-ring (bicyclic) bond motifs is 1. The lowest BCUT2D eigenvalue weighted by atomic mass is 9.76. The van der Waals surface area contributed by atoms with E-state index in [1.165, 1.54) is 0 Å². The number of aromatic nitrogens is 4. The lowest BCUT2D eigenvalue weighted by Crippen LogP contribution is -2.24. The number of pyridine rings is 2. The van der Waals surface area contributed by atoms with Crippen LogP contribution in [0.1, 0.15) is 42.7 Å². The number of nitriles is 2. The third-order valence-electron chi connectivity index (χ3n) is 6.59. The molecule has 3 aromatic heterocycles. The Bertz CT molecular complexity index is 1660. The van der Waals surface area contributed by atoms with Gasteiger partial charge >= 0.3 is 0 Å². The van der Waals surface area contributed by atoms with Gasteiger partial charge in [-0.1, -0.05) is 18.2 Å². The highest BCUT2D eigenvalue weighted by Gasteiger charge is 2.34. The topological polar surface area (TPSA) is 125 Å². The number of allylic oxidation sites excluding steroid dienone is 2. The van der Waals surface area contributed by atoms with Crippen molar-refractivity contribution in [1.82, 2.24) is 19.7 Å². The van der Waals surface area contributed by atoms with Crippen molar-refractivity contribution in [3.8, 4) is 12.1 Å². The summed E-state index contributed by atoms with van der Waals surface area (Å²) in [6.07, 6.45) is 8.04. The van der Waals surface area contributed by atoms with Crippen molar-refractivity contribution < 1.29 is 4.74 Å². The number of aliphatic imine (C=N–C) groups is 2. The van der Waals surface area contributed by atoms with Gasteiger partial charge in [-0.15, -0.1) is 5.10 Å². The predicted molar refractivity (Wildman–Crippen MR) is 144 cm³/mol. The molecular formula is C29H24N8O. The maximum Gasteiger partial charge on any atom is 0.181 e. The number of ether oxygens (including phenoxy) is 1. The van der Waals surface area contributed by atoms with Gasteiger partial charge in [0.1, 0.15) is 0 Å². The van der Waals surface area contributed by atoms with Gasteiger partial charge in [0.15, 0.2) is 12.0 Å². The Kier molecular flexibility index (Phi) is 6.86. The lowest BCUT2D eigenvalue weighted by molar-refractivity contribution is 0.0718. The molecule has 1 aliphatic rings. The molecule has 5 rings (SSSR count). The zero-order chi connectivity index (χ0) is 26.6. The van der Waals surface area contributed by atoms with E-state index in [4.69, 9.17) is 14.8 Å². The lowest BCUT2D eigenvalue weighted by Gasteiger charge is -2.27. The standard InChI is InChI=1S/C29H24N8O/c1-18-24(13-30)27(25(14-31)19(2)35-18)21-8-9-26-23(12-21)28(34-16-20-6-4-10-32-15-20)36-37(26)29(38-3)22-7-5-11-33-17-22/h4-12,15-17,24,27,29H,1-3H3. The summed E-state index contributed by atoms with van der Waals surface area (Å²) in [4.78, 5) is 17.5. The Morgan fingerprint density at radius 2 is 1.87 bits per heavy atom. The summed E-state index contributed by atoms with van der Waals surface area (Å²) in [7, 11) is 1.62. The van der Waals surface area contributed by atoms with Gasteiger partial charge in [0.05, 0.1) is 34.8 Å². The molecule has 186 valence electrons. The molecule has 38 heavy (non-hydrogen) atoms. The van der Waals surface area contributed by atoms with Gasteiger partial charge in [0.2, 0.25) is 0 Å². The summed E-state index contributed by atoms with van der Waals surface area (Å²) >= 11 is 0. The molecule has 0 fully saturated rings. The summed E-state index contributed by atoms with van der Waals surface area (Å²) in [5.41, 5.74) is 5.08. The van der Waals surface area contributed by atoms with Gasteiger partial charge in [-0.05, 0) is 43.7 Å². The number of nitrogens with zero attached hydrogens (tertiary/aromatic N) is 8. The Morgan fingerprint density at radius 1 is 1.08 bits per heavy atom. The first-order valence-electron chi connectivity index (χ1n) is 12.0. The van der Waals surface area contributed by atoms with Crippen LogP contribution in [-0.4, -0.2) is 38.8 Å². The second kappa shape index (κ2) is 10.6. The van der Waals surface area contributed by atoms with Crippen LogP contribution in [0.4, 0.5) is 5.82 Å². The van der Waals surface area contributed by atoms with Gasteiger partial charge in [-0.2, -0.15) is 10.5 Å². The van der Waals surface area contributed by atoms with E-state index in [9.17, 15) is 10.5 Å². The molecule has 0 saturated heterocycles. The molecule has 9 nitrogen and oxygen atoms in total. The molecule has 3 atom stereocenters.